The highest BCUT2D eigenvalue weighted by atomic mass is 32.2. The summed E-state index contributed by atoms with van der Waals surface area (Å²) in [7, 11) is -3.53. The molecule has 0 radical (unpaired) electrons. The van der Waals surface area contributed by atoms with Crippen molar-refractivity contribution in [3.63, 3.8) is 0 Å². The normalized spacial score (nSPS) is 11.4. The van der Waals surface area contributed by atoms with Crippen LogP contribution in [0.2, 0.25) is 0 Å². The molecule has 2 rings (SSSR count). The lowest BCUT2D eigenvalue weighted by molar-refractivity contribution is -0.116. The van der Waals surface area contributed by atoms with Crippen LogP contribution in [0.3, 0.4) is 0 Å². The summed E-state index contributed by atoms with van der Waals surface area (Å²) in [5.74, 6) is 0.743. The van der Waals surface area contributed by atoms with Crippen LogP contribution in [0.4, 0.5) is 5.69 Å². The van der Waals surface area contributed by atoms with Gasteiger partial charge in [-0.1, -0.05) is 31.5 Å². The van der Waals surface area contributed by atoms with Crippen molar-refractivity contribution in [2.45, 2.75) is 32.1 Å². The van der Waals surface area contributed by atoms with Crippen LogP contribution in [-0.4, -0.2) is 27.5 Å². The molecule has 1 amide bonds. The van der Waals surface area contributed by atoms with Crippen molar-refractivity contribution in [1.82, 2.24) is 4.72 Å². The smallest absolute Gasteiger partial charge is 0.240 e. The Bertz CT molecular complexity index is 845. The standard InChI is InChI=1S/C20H26N2O4S/c1-15(2)14-21-27(24,25)19-10-6-17(7-11-19)22-20(23)12-13-26-18-8-4-16(3)5-9-18/h4-11,15,21H,12-14H2,1-3H3,(H,22,23). The molecule has 0 fully saturated rings. The molecule has 0 heterocycles. The summed E-state index contributed by atoms with van der Waals surface area (Å²) >= 11 is 0. The molecule has 0 aliphatic carbocycles. The molecule has 0 aromatic heterocycles. The van der Waals surface area contributed by atoms with E-state index in [1.165, 1.54) is 12.1 Å². The Labute approximate surface area is 161 Å². The Balaban J connectivity index is 1.82. The zero-order valence-corrected chi connectivity index (χ0v) is 16.7. The number of aryl methyl sites for hydroxylation is 1. The van der Waals surface area contributed by atoms with Crippen molar-refractivity contribution in [1.29, 1.82) is 0 Å². The number of amides is 1. The van der Waals surface area contributed by atoms with Gasteiger partial charge in [0.15, 0.2) is 0 Å². The quantitative estimate of drug-likeness (QED) is 0.688. The number of carbonyl (C=O) groups is 1. The number of carbonyl (C=O) groups excluding carboxylic acids is 1. The van der Waals surface area contributed by atoms with Crippen molar-refractivity contribution in [3.05, 3.63) is 54.1 Å². The zero-order chi connectivity index (χ0) is 19.9. The first-order chi connectivity index (χ1) is 12.8. The number of hydrogen-bond donors (Lipinski definition) is 2. The Morgan fingerprint density at radius 2 is 1.67 bits per heavy atom. The van der Waals surface area contributed by atoms with Gasteiger partial charge in [0, 0.05) is 12.2 Å². The molecule has 0 aliphatic rings. The number of ether oxygens (including phenoxy) is 1. The van der Waals surface area contributed by atoms with Gasteiger partial charge in [-0.2, -0.15) is 0 Å². The van der Waals surface area contributed by atoms with Crippen molar-refractivity contribution >= 4 is 21.6 Å². The van der Waals surface area contributed by atoms with Gasteiger partial charge in [-0.15, -0.1) is 0 Å². The van der Waals surface area contributed by atoms with E-state index in [0.29, 0.717) is 12.2 Å². The SMILES string of the molecule is Cc1ccc(OCCC(=O)Nc2ccc(S(=O)(=O)NCC(C)C)cc2)cc1. The first kappa shape index (κ1) is 20.9. The first-order valence-corrected chi connectivity index (χ1v) is 10.3. The summed E-state index contributed by atoms with van der Waals surface area (Å²) in [6, 6.07) is 13.7. The number of nitrogens with one attached hydrogen (secondary N) is 2. The Hall–Kier alpha value is -2.38. The summed E-state index contributed by atoms with van der Waals surface area (Å²) in [5, 5.41) is 2.73. The minimum Gasteiger partial charge on any atom is -0.493 e. The molecule has 0 saturated carbocycles. The Morgan fingerprint density at radius 3 is 2.26 bits per heavy atom. The second-order valence-electron chi connectivity index (χ2n) is 6.73. The van der Waals surface area contributed by atoms with Crippen molar-refractivity contribution < 1.29 is 17.9 Å². The lowest BCUT2D eigenvalue weighted by atomic mass is 10.2. The van der Waals surface area contributed by atoms with Gasteiger partial charge >= 0.3 is 0 Å². The van der Waals surface area contributed by atoms with Gasteiger partial charge in [0.1, 0.15) is 5.75 Å². The van der Waals surface area contributed by atoms with E-state index < -0.39 is 10.0 Å². The van der Waals surface area contributed by atoms with Crippen LogP contribution in [0.25, 0.3) is 0 Å². The monoisotopic (exact) mass is 390 g/mol. The lowest BCUT2D eigenvalue weighted by Gasteiger charge is -2.10. The van der Waals surface area contributed by atoms with Gasteiger partial charge in [-0.25, -0.2) is 13.1 Å². The number of benzene rings is 2. The van der Waals surface area contributed by atoms with Gasteiger partial charge in [0.05, 0.1) is 17.9 Å². The maximum Gasteiger partial charge on any atom is 0.240 e. The molecule has 0 saturated heterocycles. The maximum atomic E-state index is 12.2. The number of anilines is 1. The van der Waals surface area contributed by atoms with Gasteiger partial charge in [-0.3, -0.25) is 4.79 Å². The van der Waals surface area contributed by atoms with E-state index in [-0.39, 0.29) is 29.7 Å². The van der Waals surface area contributed by atoms with E-state index in [0.717, 1.165) is 11.3 Å². The van der Waals surface area contributed by atoms with Crippen molar-refractivity contribution in [3.8, 4) is 5.75 Å². The highest BCUT2D eigenvalue weighted by Crippen LogP contribution is 2.15. The van der Waals surface area contributed by atoms with Crippen LogP contribution >= 0.6 is 0 Å². The summed E-state index contributed by atoms with van der Waals surface area (Å²) in [6.45, 7) is 6.50. The Kier molecular flexibility index (Phi) is 7.38. The highest BCUT2D eigenvalue weighted by molar-refractivity contribution is 7.89. The predicted molar refractivity (Wildman–Crippen MR) is 106 cm³/mol. The van der Waals surface area contributed by atoms with E-state index in [1.54, 1.807) is 12.1 Å². The largest absolute Gasteiger partial charge is 0.493 e. The van der Waals surface area contributed by atoms with Crippen molar-refractivity contribution in [2.24, 2.45) is 5.92 Å². The third-order valence-electron chi connectivity index (χ3n) is 3.75. The van der Waals surface area contributed by atoms with Crippen LogP contribution in [0.1, 0.15) is 25.8 Å². The second kappa shape index (κ2) is 9.53. The molecule has 27 heavy (non-hydrogen) atoms. The topological polar surface area (TPSA) is 84.5 Å². The van der Waals surface area contributed by atoms with E-state index in [1.807, 2.05) is 45.0 Å². The second-order valence-corrected chi connectivity index (χ2v) is 8.50. The molecule has 0 bridgehead atoms. The molecule has 7 heteroatoms. The average molecular weight is 391 g/mol. The summed E-state index contributed by atoms with van der Waals surface area (Å²) < 4.78 is 32.4. The minimum atomic E-state index is -3.53. The predicted octanol–water partition coefficient (Wildman–Crippen LogP) is 3.34. The summed E-state index contributed by atoms with van der Waals surface area (Å²) in [6.07, 6.45) is 0.198. The van der Waals surface area contributed by atoms with Crippen molar-refractivity contribution in [2.75, 3.05) is 18.5 Å². The van der Waals surface area contributed by atoms with Crippen LogP contribution in [0.15, 0.2) is 53.4 Å². The fraction of sp³-hybridized carbons (Fsp3) is 0.350. The van der Waals surface area contributed by atoms with Crippen LogP contribution in [0, 0.1) is 12.8 Å². The van der Waals surface area contributed by atoms with E-state index >= 15 is 0 Å². The lowest BCUT2D eigenvalue weighted by Crippen LogP contribution is -2.27. The van der Waals surface area contributed by atoms with E-state index in [2.05, 4.69) is 10.0 Å². The molecule has 146 valence electrons. The molecule has 0 spiro atoms. The van der Waals surface area contributed by atoms with Crippen LogP contribution in [0.5, 0.6) is 5.75 Å². The third-order valence-corrected chi connectivity index (χ3v) is 5.19. The average Bonchev–Trinajstić information content (AvgIpc) is 2.62. The van der Waals surface area contributed by atoms with E-state index in [9.17, 15) is 13.2 Å². The molecule has 0 aliphatic heterocycles. The molecule has 6 nitrogen and oxygen atoms in total. The summed E-state index contributed by atoms with van der Waals surface area (Å²) in [4.78, 5) is 12.2. The van der Waals surface area contributed by atoms with Gasteiger partial charge in [-0.05, 0) is 49.2 Å². The number of hydrogen-bond acceptors (Lipinski definition) is 4. The van der Waals surface area contributed by atoms with Crippen LogP contribution < -0.4 is 14.8 Å². The van der Waals surface area contributed by atoms with Crippen LogP contribution in [-0.2, 0) is 14.8 Å². The third kappa shape index (κ3) is 7.03. The fourth-order valence-corrected chi connectivity index (χ4v) is 3.41. The van der Waals surface area contributed by atoms with Gasteiger partial charge in [0.2, 0.25) is 15.9 Å². The van der Waals surface area contributed by atoms with Gasteiger partial charge < -0.3 is 10.1 Å². The molecule has 0 unspecified atom stereocenters. The molecule has 2 aromatic carbocycles. The fourth-order valence-electron chi connectivity index (χ4n) is 2.20. The zero-order valence-electron chi connectivity index (χ0n) is 15.9. The molecular formula is C20H26N2O4S. The number of sulfonamides is 1. The summed E-state index contributed by atoms with van der Waals surface area (Å²) in [5.41, 5.74) is 1.68. The number of rotatable bonds is 9. The molecular weight excluding hydrogens is 364 g/mol. The highest BCUT2D eigenvalue weighted by Gasteiger charge is 2.14. The maximum absolute atomic E-state index is 12.2. The minimum absolute atomic E-state index is 0.170. The molecule has 2 N–H and O–H groups in total. The first-order valence-electron chi connectivity index (χ1n) is 8.85. The molecule has 0 atom stereocenters. The van der Waals surface area contributed by atoms with E-state index in [4.69, 9.17) is 4.74 Å². The van der Waals surface area contributed by atoms with Gasteiger partial charge in [0.25, 0.3) is 0 Å². The Morgan fingerprint density at radius 1 is 1.04 bits per heavy atom. The molecule has 2 aromatic rings.